The van der Waals surface area contributed by atoms with Gasteiger partial charge in [0.25, 0.3) is 0 Å². The highest BCUT2D eigenvalue weighted by Gasteiger charge is 2.08. The van der Waals surface area contributed by atoms with Crippen LogP contribution in [-0.2, 0) is 4.57 Å². The van der Waals surface area contributed by atoms with Crippen LogP contribution in [0.1, 0.15) is 5.56 Å². The molecule has 0 heterocycles. The zero-order valence-corrected chi connectivity index (χ0v) is 7.49. The highest BCUT2D eigenvalue weighted by Crippen LogP contribution is 2.44. The molecule has 0 aliphatic rings. The van der Waals surface area contributed by atoms with Crippen LogP contribution in [0.5, 0.6) is 5.75 Å². The number of aromatic hydroxyl groups is 1. The Bertz CT molecular complexity index is 352. The first-order valence-corrected chi connectivity index (χ1v) is 5.10. The third-order valence-electron chi connectivity index (χ3n) is 1.34. The summed E-state index contributed by atoms with van der Waals surface area (Å²) in [6.07, 6.45) is 1.18. The van der Waals surface area contributed by atoms with Crippen molar-refractivity contribution in [3.63, 3.8) is 0 Å². The number of phenolic OH excluding ortho intramolecular Hbond substituents is 1. The second kappa shape index (κ2) is 3.73. The molecule has 70 valence electrons. The van der Waals surface area contributed by atoms with Gasteiger partial charge in [0.05, 0.1) is 0 Å². The Balaban J connectivity index is 2.81. The Labute approximate surface area is 74.7 Å². The van der Waals surface area contributed by atoms with E-state index in [0.29, 0.717) is 11.4 Å². The van der Waals surface area contributed by atoms with Crippen molar-refractivity contribution in [2.75, 3.05) is 0 Å². The molecule has 0 bridgehead atoms. The Hall–Kier alpha value is -1.12. The van der Waals surface area contributed by atoms with E-state index in [1.807, 2.05) is 0 Å². The molecule has 5 heteroatoms. The van der Waals surface area contributed by atoms with E-state index in [4.69, 9.17) is 10.00 Å². The van der Waals surface area contributed by atoms with Crippen LogP contribution in [0.4, 0.5) is 4.20 Å². The first-order chi connectivity index (χ1) is 5.97. The van der Waals surface area contributed by atoms with E-state index >= 15 is 0 Å². The quantitative estimate of drug-likeness (QED) is 0.724. The predicted molar refractivity (Wildman–Crippen MR) is 48.1 cm³/mol. The minimum absolute atomic E-state index is 0.0876. The zero-order chi connectivity index (χ0) is 9.90. The van der Waals surface area contributed by atoms with E-state index in [1.54, 1.807) is 0 Å². The monoisotopic (exact) mass is 202 g/mol. The van der Waals surface area contributed by atoms with E-state index in [9.17, 15) is 8.76 Å². The molecular weight excluding hydrogens is 194 g/mol. The summed E-state index contributed by atoms with van der Waals surface area (Å²) in [5.41, 5.74) is 0.546. The van der Waals surface area contributed by atoms with Gasteiger partial charge in [0.15, 0.2) is 0 Å². The molecule has 0 aliphatic heterocycles. The molecule has 2 N–H and O–H groups in total. The molecule has 0 radical (unpaired) electrons. The number of phenols is 1. The molecule has 13 heavy (non-hydrogen) atoms. The lowest BCUT2D eigenvalue weighted by molar-refractivity contribution is 0.442. The maximum absolute atomic E-state index is 12.1. The summed E-state index contributed by atoms with van der Waals surface area (Å²) in [5, 5.41) is 8.88. The van der Waals surface area contributed by atoms with Crippen molar-refractivity contribution in [1.82, 2.24) is 0 Å². The summed E-state index contributed by atoms with van der Waals surface area (Å²) in [6, 6.07) is 5.81. The first-order valence-electron chi connectivity index (χ1n) is 3.48. The third kappa shape index (κ3) is 3.87. The first kappa shape index (κ1) is 9.96. The number of hydrogen-bond acceptors (Lipinski definition) is 2. The predicted octanol–water partition coefficient (Wildman–Crippen LogP) is 2.52. The molecule has 1 atom stereocenters. The maximum Gasteiger partial charge on any atom is 0.388 e. The summed E-state index contributed by atoms with van der Waals surface area (Å²) in [4.78, 5) is 8.29. The minimum atomic E-state index is -4.59. The smallest absolute Gasteiger partial charge is 0.388 e. The van der Waals surface area contributed by atoms with Crippen LogP contribution in [0.25, 0.3) is 6.08 Å². The van der Waals surface area contributed by atoms with Gasteiger partial charge in [0.1, 0.15) is 5.75 Å². The zero-order valence-electron chi connectivity index (χ0n) is 6.59. The van der Waals surface area contributed by atoms with Gasteiger partial charge in [-0.2, -0.15) is 4.20 Å². The second-order valence-electron chi connectivity index (χ2n) is 2.45. The fraction of sp³-hybridized carbons (Fsp3) is 0. The van der Waals surface area contributed by atoms with E-state index in [1.165, 1.54) is 30.3 Å². The second-order valence-corrected chi connectivity index (χ2v) is 3.84. The Morgan fingerprint density at radius 2 is 1.85 bits per heavy atom. The Morgan fingerprint density at radius 3 is 2.31 bits per heavy atom. The van der Waals surface area contributed by atoms with Crippen molar-refractivity contribution in [2.24, 2.45) is 0 Å². The molecule has 3 nitrogen and oxygen atoms in total. The average molecular weight is 202 g/mol. The van der Waals surface area contributed by atoms with Crippen LogP contribution in [0.15, 0.2) is 30.1 Å². The van der Waals surface area contributed by atoms with E-state index in [-0.39, 0.29) is 5.75 Å². The van der Waals surface area contributed by atoms with Gasteiger partial charge in [-0.05, 0) is 23.8 Å². The largest absolute Gasteiger partial charge is 0.508 e. The lowest BCUT2D eigenvalue weighted by Gasteiger charge is -1.94. The molecule has 1 aromatic carbocycles. The van der Waals surface area contributed by atoms with E-state index < -0.39 is 7.68 Å². The van der Waals surface area contributed by atoms with Crippen molar-refractivity contribution in [2.45, 2.75) is 0 Å². The molecule has 0 aliphatic carbocycles. The molecule has 0 fully saturated rings. The van der Waals surface area contributed by atoms with Crippen molar-refractivity contribution in [3.8, 4) is 5.75 Å². The summed E-state index contributed by atoms with van der Waals surface area (Å²) < 4.78 is 22.3. The molecule has 1 aromatic rings. The molecule has 0 amide bonds. The van der Waals surface area contributed by atoms with Gasteiger partial charge in [0, 0.05) is 5.82 Å². The molecule has 0 aromatic heterocycles. The number of rotatable bonds is 2. The van der Waals surface area contributed by atoms with Crippen molar-refractivity contribution >= 4 is 13.8 Å². The third-order valence-corrected chi connectivity index (χ3v) is 1.86. The summed E-state index contributed by atoms with van der Waals surface area (Å²) in [6.45, 7) is 0. The molecule has 0 saturated heterocycles. The van der Waals surface area contributed by atoms with Gasteiger partial charge in [0.2, 0.25) is 0 Å². The van der Waals surface area contributed by atoms with Gasteiger partial charge in [-0.1, -0.05) is 12.1 Å². The average Bonchev–Trinajstić information content (AvgIpc) is 2.02. The highest BCUT2D eigenvalue weighted by atomic mass is 31.2. The molecular formula is C8H8FO3P. The number of hydrogen-bond donors (Lipinski definition) is 2. The molecule has 0 spiro atoms. The number of benzene rings is 1. The SMILES string of the molecule is O=P(O)(F)C=Cc1ccc(O)cc1. The lowest BCUT2D eigenvalue weighted by Crippen LogP contribution is -1.70. The van der Waals surface area contributed by atoms with Gasteiger partial charge >= 0.3 is 7.68 Å². The van der Waals surface area contributed by atoms with Crippen LogP contribution in [0, 0.1) is 0 Å². The van der Waals surface area contributed by atoms with Crippen molar-refractivity contribution in [1.29, 1.82) is 0 Å². The summed E-state index contributed by atoms with van der Waals surface area (Å²) >= 11 is 0. The lowest BCUT2D eigenvalue weighted by atomic mass is 10.2. The molecule has 1 unspecified atom stereocenters. The van der Waals surface area contributed by atoms with E-state index in [2.05, 4.69) is 0 Å². The fourth-order valence-corrected chi connectivity index (χ4v) is 1.12. The highest BCUT2D eigenvalue weighted by molar-refractivity contribution is 7.56. The maximum atomic E-state index is 12.1. The van der Waals surface area contributed by atoms with Crippen LogP contribution in [0.2, 0.25) is 0 Å². The van der Waals surface area contributed by atoms with Crippen LogP contribution in [0.3, 0.4) is 0 Å². The van der Waals surface area contributed by atoms with Gasteiger partial charge in [-0.3, -0.25) is 4.57 Å². The Kier molecular flexibility index (Phi) is 2.86. The van der Waals surface area contributed by atoms with Gasteiger partial charge < -0.3 is 10.00 Å². The summed E-state index contributed by atoms with van der Waals surface area (Å²) in [7, 11) is -4.59. The fourth-order valence-electron chi connectivity index (χ4n) is 0.763. The van der Waals surface area contributed by atoms with Crippen molar-refractivity contribution in [3.05, 3.63) is 35.6 Å². The van der Waals surface area contributed by atoms with Gasteiger partial charge in [-0.25, -0.2) is 0 Å². The topological polar surface area (TPSA) is 57.5 Å². The molecule has 0 saturated carbocycles. The molecule has 1 rings (SSSR count). The standard InChI is InChI=1S/C8H8FO3P/c9-13(11,12)6-5-7-1-3-8(10)4-2-7/h1-6,10H,(H,11,12). The minimum Gasteiger partial charge on any atom is -0.508 e. The van der Waals surface area contributed by atoms with Crippen LogP contribution in [-0.4, -0.2) is 10.00 Å². The number of halogens is 1. The Morgan fingerprint density at radius 1 is 1.31 bits per heavy atom. The van der Waals surface area contributed by atoms with Crippen molar-refractivity contribution < 1.29 is 18.8 Å². The van der Waals surface area contributed by atoms with Crippen LogP contribution >= 0.6 is 7.68 Å². The summed E-state index contributed by atoms with van der Waals surface area (Å²) in [5.74, 6) is 0.684. The van der Waals surface area contributed by atoms with Crippen LogP contribution < -0.4 is 0 Å². The normalized spacial score (nSPS) is 15.8. The van der Waals surface area contributed by atoms with E-state index in [0.717, 1.165) is 0 Å². The van der Waals surface area contributed by atoms with Gasteiger partial charge in [-0.15, -0.1) is 0 Å².